The molecule has 0 bridgehead atoms. The topological polar surface area (TPSA) is 57.6 Å². The van der Waals surface area contributed by atoms with Crippen molar-refractivity contribution >= 4 is 11.9 Å². The van der Waals surface area contributed by atoms with Crippen LogP contribution in [0.3, 0.4) is 0 Å². The van der Waals surface area contributed by atoms with Crippen LogP contribution in [0.15, 0.2) is 35.7 Å². The third-order valence-corrected chi connectivity index (χ3v) is 7.09. The molecule has 37 heavy (non-hydrogen) atoms. The summed E-state index contributed by atoms with van der Waals surface area (Å²) in [4.78, 5) is 26.9. The largest absolute Gasteiger partial charge is 0.481 e. The molecule has 0 saturated heterocycles. The smallest absolute Gasteiger partial charge is 0.303 e. The predicted molar refractivity (Wildman–Crippen MR) is 159 cm³/mol. The van der Waals surface area contributed by atoms with Gasteiger partial charge in [-0.3, -0.25) is 14.5 Å². The highest BCUT2D eigenvalue weighted by Gasteiger charge is 2.22. The Morgan fingerprint density at radius 2 is 1.16 bits per heavy atom. The molecule has 0 saturated carbocycles. The van der Waals surface area contributed by atoms with Crippen molar-refractivity contribution in [2.45, 2.75) is 157 Å². The molecule has 4 heteroatoms. The summed E-state index contributed by atoms with van der Waals surface area (Å²) in [5, 5.41) is 9.32. The number of aliphatic carboxylic acids is 1. The highest BCUT2D eigenvalue weighted by molar-refractivity contribution is 5.83. The van der Waals surface area contributed by atoms with Gasteiger partial charge >= 0.3 is 5.97 Å². The van der Waals surface area contributed by atoms with Crippen molar-refractivity contribution in [1.29, 1.82) is 0 Å². The van der Waals surface area contributed by atoms with E-state index in [1.54, 1.807) is 4.90 Å². The Kier molecular flexibility index (Phi) is 23.3. The summed E-state index contributed by atoms with van der Waals surface area (Å²) in [5.41, 5.74) is 2.55. The normalized spacial score (nSPS) is 13.3. The van der Waals surface area contributed by atoms with Gasteiger partial charge in [0.2, 0.25) is 5.91 Å². The zero-order valence-electron chi connectivity index (χ0n) is 25.0. The van der Waals surface area contributed by atoms with E-state index in [2.05, 4.69) is 40.7 Å². The van der Waals surface area contributed by atoms with Crippen molar-refractivity contribution < 1.29 is 14.7 Å². The Morgan fingerprint density at radius 1 is 0.676 bits per heavy atom. The highest BCUT2D eigenvalue weighted by Crippen LogP contribution is 2.21. The Morgan fingerprint density at radius 3 is 1.62 bits per heavy atom. The Bertz CT molecular complexity index is 651. The highest BCUT2D eigenvalue weighted by atomic mass is 16.4. The minimum Gasteiger partial charge on any atom is -0.481 e. The Hall–Kier alpha value is -1.84. The van der Waals surface area contributed by atoms with E-state index < -0.39 is 11.9 Å². The van der Waals surface area contributed by atoms with E-state index in [0.717, 1.165) is 64.2 Å². The molecule has 0 aromatic heterocycles. The SMILES string of the molecule is CCCCCCCCCC/C=C\C(CCC(=O)O)C(=O)N(/C=C(/CC)CCCC)/C=C(\CC)CCCC. The number of hydrogen-bond acceptors (Lipinski definition) is 2. The molecule has 0 aliphatic carbocycles. The second-order valence-corrected chi connectivity index (χ2v) is 10.5. The average molecular weight is 518 g/mol. The van der Waals surface area contributed by atoms with Crippen molar-refractivity contribution in [3.05, 3.63) is 35.7 Å². The van der Waals surface area contributed by atoms with E-state index in [-0.39, 0.29) is 12.3 Å². The molecule has 0 rings (SSSR count). The number of carboxylic acids is 1. The number of nitrogens with zero attached hydrogens (tertiary/aromatic N) is 1. The van der Waals surface area contributed by atoms with E-state index in [1.807, 2.05) is 18.5 Å². The zero-order valence-corrected chi connectivity index (χ0v) is 25.0. The fourth-order valence-corrected chi connectivity index (χ4v) is 4.46. The minimum absolute atomic E-state index is 0.00155. The van der Waals surface area contributed by atoms with Crippen LogP contribution in [0.1, 0.15) is 157 Å². The fourth-order valence-electron chi connectivity index (χ4n) is 4.46. The second-order valence-electron chi connectivity index (χ2n) is 10.5. The van der Waals surface area contributed by atoms with E-state index in [0.29, 0.717) is 6.42 Å². The first kappa shape index (κ1) is 35.2. The van der Waals surface area contributed by atoms with Gasteiger partial charge in [-0.05, 0) is 57.8 Å². The molecule has 1 N–H and O–H groups in total. The minimum atomic E-state index is -0.846. The lowest BCUT2D eigenvalue weighted by Crippen LogP contribution is -2.28. The van der Waals surface area contributed by atoms with Crippen LogP contribution < -0.4 is 0 Å². The van der Waals surface area contributed by atoms with Gasteiger partial charge < -0.3 is 5.11 Å². The lowest BCUT2D eigenvalue weighted by molar-refractivity contribution is -0.137. The van der Waals surface area contributed by atoms with Gasteiger partial charge in [0.15, 0.2) is 0 Å². The Balaban J connectivity index is 5.50. The number of allylic oxidation sites excluding steroid dienone is 3. The van der Waals surface area contributed by atoms with E-state index in [1.165, 1.54) is 56.1 Å². The summed E-state index contributed by atoms with van der Waals surface area (Å²) in [6.45, 7) is 10.9. The van der Waals surface area contributed by atoms with Gasteiger partial charge in [-0.25, -0.2) is 0 Å². The van der Waals surface area contributed by atoms with Crippen molar-refractivity contribution in [2.75, 3.05) is 0 Å². The molecule has 0 aromatic carbocycles. The molecule has 0 radical (unpaired) electrons. The first-order valence-corrected chi connectivity index (χ1v) is 15.5. The van der Waals surface area contributed by atoms with Gasteiger partial charge in [-0.2, -0.15) is 0 Å². The van der Waals surface area contributed by atoms with Crippen LogP contribution >= 0.6 is 0 Å². The first-order valence-electron chi connectivity index (χ1n) is 15.5. The van der Waals surface area contributed by atoms with E-state index in [9.17, 15) is 14.7 Å². The quantitative estimate of drug-likeness (QED) is 0.102. The summed E-state index contributed by atoms with van der Waals surface area (Å²) < 4.78 is 0. The third-order valence-electron chi connectivity index (χ3n) is 7.09. The van der Waals surface area contributed by atoms with Crippen LogP contribution in [0.4, 0.5) is 0 Å². The lowest BCUT2D eigenvalue weighted by Gasteiger charge is -2.23. The van der Waals surface area contributed by atoms with Gasteiger partial charge in [-0.1, -0.05) is 116 Å². The van der Waals surface area contributed by atoms with Gasteiger partial charge in [0.05, 0.1) is 5.92 Å². The number of unbranched alkanes of at least 4 members (excludes halogenated alkanes) is 10. The standard InChI is InChI=1S/C33H59NO3/c1-6-11-14-15-16-17-18-19-20-21-24-31(25-26-32(35)36)33(37)34(27-29(9-4)22-12-7-2)28-30(10-5)23-13-8-3/h21,24,27-28,31H,6-20,22-23,25-26H2,1-5H3,(H,35,36)/b24-21-,29-27-,30-28+. The molecular formula is C33H59NO3. The number of amides is 1. The first-order chi connectivity index (χ1) is 17.9. The van der Waals surface area contributed by atoms with E-state index in [4.69, 9.17) is 0 Å². The van der Waals surface area contributed by atoms with Crippen LogP contribution in [0.2, 0.25) is 0 Å². The van der Waals surface area contributed by atoms with Gasteiger partial charge in [0.1, 0.15) is 0 Å². The van der Waals surface area contributed by atoms with Crippen LogP contribution in [-0.2, 0) is 9.59 Å². The molecule has 214 valence electrons. The summed E-state index contributed by atoms with van der Waals surface area (Å²) in [6.07, 6.45) is 28.0. The van der Waals surface area contributed by atoms with Gasteiger partial charge in [0.25, 0.3) is 0 Å². The molecule has 0 heterocycles. The van der Waals surface area contributed by atoms with Crippen molar-refractivity contribution in [1.82, 2.24) is 4.90 Å². The maximum Gasteiger partial charge on any atom is 0.303 e. The average Bonchev–Trinajstić information content (AvgIpc) is 2.90. The molecule has 1 atom stereocenters. The fraction of sp³-hybridized carbons (Fsp3) is 0.758. The molecule has 1 unspecified atom stereocenters. The van der Waals surface area contributed by atoms with Crippen molar-refractivity contribution in [3.8, 4) is 0 Å². The predicted octanol–water partition coefficient (Wildman–Crippen LogP) is 10.4. The molecule has 0 aromatic rings. The number of rotatable bonds is 24. The summed E-state index contributed by atoms with van der Waals surface area (Å²) >= 11 is 0. The van der Waals surface area contributed by atoms with Crippen molar-refractivity contribution in [2.24, 2.45) is 5.92 Å². The molecule has 0 spiro atoms. The molecule has 1 amide bonds. The van der Waals surface area contributed by atoms with Gasteiger partial charge in [0, 0.05) is 18.8 Å². The van der Waals surface area contributed by atoms with E-state index >= 15 is 0 Å². The number of carbonyl (C=O) groups excluding carboxylic acids is 1. The molecule has 4 nitrogen and oxygen atoms in total. The molecular weight excluding hydrogens is 458 g/mol. The number of carboxylic acid groups (broad SMARTS) is 1. The summed E-state index contributed by atoms with van der Waals surface area (Å²) in [6, 6.07) is 0. The summed E-state index contributed by atoms with van der Waals surface area (Å²) in [7, 11) is 0. The molecule has 0 aliphatic rings. The lowest BCUT2D eigenvalue weighted by atomic mass is 9.99. The zero-order chi connectivity index (χ0) is 27.7. The summed E-state index contributed by atoms with van der Waals surface area (Å²) in [5.74, 6) is -1.26. The number of hydrogen-bond donors (Lipinski definition) is 1. The van der Waals surface area contributed by atoms with Gasteiger partial charge in [-0.15, -0.1) is 0 Å². The monoisotopic (exact) mass is 517 g/mol. The van der Waals surface area contributed by atoms with Crippen LogP contribution in [-0.4, -0.2) is 21.9 Å². The number of carbonyl (C=O) groups is 2. The maximum absolute atomic E-state index is 13.8. The molecule has 0 fully saturated rings. The van der Waals surface area contributed by atoms with Crippen LogP contribution in [0, 0.1) is 5.92 Å². The van der Waals surface area contributed by atoms with Crippen LogP contribution in [0.5, 0.6) is 0 Å². The maximum atomic E-state index is 13.8. The third kappa shape index (κ3) is 19.0. The Labute approximate surface area is 229 Å². The molecule has 0 aliphatic heterocycles. The van der Waals surface area contributed by atoms with Crippen molar-refractivity contribution in [3.63, 3.8) is 0 Å². The van der Waals surface area contributed by atoms with Crippen LogP contribution in [0.25, 0.3) is 0 Å². The second kappa shape index (κ2) is 24.5.